The molecule has 1 aliphatic carbocycles. The summed E-state index contributed by atoms with van der Waals surface area (Å²) in [5.74, 6) is 1.42. The molecular formula is C22H24N2O4. The lowest BCUT2D eigenvalue weighted by Crippen LogP contribution is -2.42. The van der Waals surface area contributed by atoms with Crippen LogP contribution in [-0.2, 0) is 15.0 Å². The lowest BCUT2D eigenvalue weighted by molar-refractivity contribution is -0.130. The van der Waals surface area contributed by atoms with Crippen LogP contribution in [0.1, 0.15) is 46.1 Å². The highest BCUT2D eigenvalue weighted by molar-refractivity contribution is 6.15. The molecule has 2 aromatic rings. The molecule has 0 saturated heterocycles. The fourth-order valence-corrected chi connectivity index (χ4v) is 3.53. The van der Waals surface area contributed by atoms with Gasteiger partial charge in [0.15, 0.2) is 0 Å². The summed E-state index contributed by atoms with van der Waals surface area (Å²) in [6, 6.07) is 9.15. The van der Waals surface area contributed by atoms with E-state index in [0.717, 1.165) is 34.8 Å². The lowest BCUT2D eigenvalue weighted by Gasteiger charge is -2.26. The number of pyridine rings is 1. The Balaban J connectivity index is 1.59. The van der Waals surface area contributed by atoms with Crippen molar-refractivity contribution in [3.63, 3.8) is 0 Å². The van der Waals surface area contributed by atoms with Crippen molar-refractivity contribution in [1.82, 2.24) is 4.98 Å². The first-order chi connectivity index (χ1) is 13.2. The summed E-state index contributed by atoms with van der Waals surface area (Å²) in [5, 5.41) is 0. The molecule has 4 rings (SSSR count). The molecule has 1 aromatic heterocycles. The molecule has 1 spiro atoms. The van der Waals surface area contributed by atoms with Gasteiger partial charge in [-0.15, -0.1) is 0 Å². The monoisotopic (exact) mass is 380 g/mol. The third kappa shape index (κ3) is 3.13. The van der Waals surface area contributed by atoms with Gasteiger partial charge in [0.2, 0.25) is 17.7 Å². The van der Waals surface area contributed by atoms with Gasteiger partial charge in [-0.25, -0.2) is 9.88 Å². The first-order valence-corrected chi connectivity index (χ1v) is 9.47. The zero-order valence-corrected chi connectivity index (χ0v) is 16.6. The summed E-state index contributed by atoms with van der Waals surface area (Å²) < 4.78 is 11.8. The van der Waals surface area contributed by atoms with E-state index in [1.807, 2.05) is 18.2 Å². The number of carbonyl (C=O) groups is 2. The molecular weight excluding hydrogens is 356 g/mol. The molecule has 146 valence electrons. The minimum absolute atomic E-state index is 0.0937. The van der Waals surface area contributed by atoms with Crippen LogP contribution in [0.5, 0.6) is 17.4 Å². The van der Waals surface area contributed by atoms with Gasteiger partial charge in [-0.2, -0.15) is 0 Å². The summed E-state index contributed by atoms with van der Waals surface area (Å²) >= 11 is 0. The summed E-state index contributed by atoms with van der Waals surface area (Å²) in [5.41, 5.74) is 0.967. The van der Waals surface area contributed by atoms with E-state index in [1.54, 1.807) is 32.9 Å². The zero-order valence-electron chi connectivity index (χ0n) is 16.6. The molecule has 0 atom stereocenters. The van der Waals surface area contributed by atoms with Crippen molar-refractivity contribution in [1.29, 1.82) is 0 Å². The van der Waals surface area contributed by atoms with Crippen LogP contribution in [0.15, 0.2) is 36.5 Å². The Labute approximate surface area is 164 Å². The van der Waals surface area contributed by atoms with Gasteiger partial charge in [0, 0.05) is 29.4 Å². The molecule has 6 heteroatoms. The van der Waals surface area contributed by atoms with E-state index in [9.17, 15) is 9.59 Å². The number of ether oxygens (including phenoxy) is 2. The van der Waals surface area contributed by atoms with E-state index >= 15 is 0 Å². The van der Waals surface area contributed by atoms with Gasteiger partial charge in [-0.1, -0.05) is 26.8 Å². The van der Waals surface area contributed by atoms with Gasteiger partial charge in [0.25, 0.3) is 0 Å². The van der Waals surface area contributed by atoms with Gasteiger partial charge in [0.1, 0.15) is 11.5 Å². The van der Waals surface area contributed by atoms with Crippen LogP contribution < -0.4 is 14.4 Å². The van der Waals surface area contributed by atoms with E-state index in [-0.39, 0.29) is 17.2 Å². The maximum absolute atomic E-state index is 12.6. The number of aromatic nitrogens is 1. The maximum Gasteiger partial charge on any atom is 0.239 e. The number of anilines is 1. The predicted molar refractivity (Wildman–Crippen MR) is 105 cm³/mol. The molecule has 2 aliphatic rings. The first kappa shape index (κ1) is 18.5. The fourth-order valence-electron chi connectivity index (χ4n) is 3.53. The molecule has 0 N–H and O–H groups in total. The Morgan fingerprint density at radius 1 is 1.18 bits per heavy atom. The van der Waals surface area contributed by atoms with E-state index in [2.05, 4.69) is 4.98 Å². The Kier molecular flexibility index (Phi) is 4.17. The zero-order chi connectivity index (χ0) is 20.1. The van der Waals surface area contributed by atoms with Crippen LogP contribution in [0, 0.1) is 5.41 Å². The Hall–Kier alpha value is -2.89. The molecule has 0 radical (unpaired) electrons. The van der Waals surface area contributed by atoms with Crippen molar-refractivity contribution in [3.8, 4) is 17.4 Å². The number of hydrogen-bond acceptors (Lipinski definition) is 5. The van der Waals surface area contributed by atoms with Gasteiger partial charge < -0.3 is 9.47 Å². The average Bonchev–Trinajstić information content (AvgIpc) is 3.31. The minimum Gasteiger partial charge on any atom is -0.492 e. The molecule has 2 amide bonds. The highest BCUT2D eigenvalue weighted by Crippen LogP contribution is 2.58. The number of hydrogen-bond donors (Lipinski definition) is 0. The van der Waals surface area contributed by atoms with E-state index in [0.29, 0.717) is 18.2 Å². The second-order valence-electron chi connectivity index (χ2n) is 8.56. The van der Waals surface area contributed by atoms with Gasteiger partial charge in [-0.3, -0.25) is 9.59 Å². The highest BCUT2D eigenvalue weighted by atomic mass is 16.5. The molecule has 28 heavy (non-hydrogen) atoms. The third-order valence-corrected chi connectivity index (χ3v) is 5.23. The van der Waals surface area contributed by atoms with Crippen LogP contribution in [0.4, 0.5) is 5.69 Å². The first-order valence-electron chi connectivity index (χ1n) is 9.47. The molecule has 2 heterocycles. The van der Waals surface area contributed by atoms with Crippen molar-refractivity contribution >= 4 is 17.5 Å². The fraction of sp³-hybridized carbons (Fsp3) is 0.409. The van der Waals surface area contributed by atoms with Crippen LogP contribution in [-0.4, -0.2) is 23.4 Å². The number of fused-ring (bicyclic) bond motifs is 2. The highest BCUT2D eigenvalue weighted by Gasteiger charge is 2.52. The molecule has 6 nitrogen and oxygen atoms in total. The molecule has 1 aliphatic heterocycles. The van der Waals surface area contributed by atoms with E-state index < -0.39 is 5.41 Å². The SMILES string of the molecule is CC(=O)N(C(=O)C(C)(C)C)c1ccc(Oc2cccc3c2C2(CC2)CO3)nc1. The third-order valence-electron chi connectivity index (χ3n) is 5.23. The van der Waals surface area contributed by atoms with Crippen molar-refractivity contribution in [2.75, 3.05) is 11.5 Å². The second-order valence-corrected chi connectivity index (χ2v) is 8.56. The quantitative estimate of drug-likeness (QED) is 0.797. The van der Waals surface area contributed by atoms with E-state index in [4.69, 9.17) is 9.47 Å². The summed E-state index contributed by atoms with van der Waals surface area (Å²) in [6.07, 6.45) is 3.71. The minimum atomic E-state index is -0.677. The van der Waals surface area contributed by atoms with Crippen molar-refractivity contribution in [2.45, 2.75) is 46.0 Å². The van der Waals surface area contributed by atoms with Gasteiger partial charge in [0.05, 0.1) is 18.5 Å². The molecule has 0 unspecified atom stereocenters. The van der Waals surface area contributed by atoms with Crippen molar-refractivity contribution < 1.29 is 19.1 Å². The predicted octanol–water partition coefficient (Wildman–Crippen LogP) is 4.22. The Morgan fingerprint density at radius 3 is 2.50 bits per heavy atom. The van der Waals surface area contributed by atoms with Crippen LogP contribution in [0.3, 0.4) is 0 Å². The standard InChI is InChI=1S/C22H24N2O4/c1-14(25)24(20(26)21(2,3)4)15-8-9-18(23-12-15)28-17-7-5-6-16-19(17)22(10-11-22)13-27-16/h5-9,12H,10-11,13H2,1-4H3. The number of benzene rings is 1. The number of rotatable bonds is 3. The second kappa shape index (κ2) is 6.33. The largest absolute Gasteiger partial charge is 0.492 e. The van der Waals surface area contributed by atoms with Crippen molar-refractivity contribution in [3.05, 3.63) is 42.1 Å². The smallest absolute Gasteiger partial charge is 0.239 e. The number of imide groups is 1. The molecule has 0 bridgehead atoms. The number of carbonyl (C=O) groups excluding carboxylic acids is 2. The topological polar surface area (TPSA) is 68.7 Å². The molecule has 1 saturated carbocycles. The average molecular weight is 380 g/mol. The Bertz CT molecular complexity index is 940. The molecule has 1 aromatic carbocycles. The molecule has 1 fully saturated rings. The number of nitrogens with zero attached hydrogens (tertiary/aromatic N) is 2. The van der Waals surface area contributed by atoms with E-state index in [1.165, 1.54) is 13.1 Å². The normalized spacial score (nSPS) is 16.3. The van der Waals surface area contributed by atoms with Gasteiger partial charge >= 0.3 is 0 Å². The lowest BCUT2D eigenvalue weighted by atomic mass is 9.94. The Morgan fingerprint density at radius 2 is 1.93 bits per heavy atom. The summed E-state index contributed by atoms with van der Waals surface area (Å²) in [4.78, 5) is 30.2. The van der Waals surface area contributed by atoms with Crippen LogP contribution in [0.25, 0.3) is 0 Å². The van der Waals surface area contributed by atoms with Crippen LogP contribution >= 0.6 is 0 Å². The summed E-state index contributed by atoms with van der Waals surface area (Å²) in [7, 11) is 0. The van der Waals surface area contributed by atoms with Crippen LogP contribution in [0.2, 0.25) is 0 Å². The van der Waals surface area contributed by atoms with Crippen molar-refractivity contribution in [2.24, 2.45) is 5.41 Å². The maximum atomic E-state index is 12.6. The van der Waals surface area contributed by atoms with Gasteiger partial charge in [-0.05, 0) is 31.0 Å². The number of amides is 2. The summed E-state index contributed by atoms with van der Waals surface area (Å²) in [6.45, 7) is 7.42.